The molecule has 4 N–H and O–H groups in total. The molecule has 1 saturated heterocycles. The Balaban J connectivity index is 1.39. The van der Waals surface area contributed by atoms with E-state index in [9.17, 15) is 27.2 Å². The number of aliphatic carboxylic acids is 1. The first kappa shape index (κ1) is 36.4. The van der Waals surface area contributed by atoms with Crippen LogP contribution in [0.4, 0.5) is 28.9 Å². The molecule has 1 aliphatic heterocycles. The molecule has 1 fully saturated rings. The molecule has 2 atom stereocenters. The highest BCUT2D eigenvalue weighted by Gasteiger charge is 2.31. The molecule has 0 bridgehead atoms. The summed E-state index contributed by atoms with van der Waals surface area (Å²) in [5, 5.41) is 18.4. The molecule has 0 radical (unpaired) electrons. The van der Waals surface area contributed by atoms with Gasteiger partial charge in [-0.05, 0) is 68.6 Å². The minimum Gasteiger partial charge on any atom is -0.495 e. The molecule has 2 heterocycles. The number of piperidine rings is 1. The quantitative estimate of drug-likeness (QED) is 0.0855. The Labute approximate surface area is 278 Å². The van der Waals surface area contributed by atoms with Crippen LogP contribution in [-0.4, -0.2) is 85.2 Å². The minimum absolute atomic E-state index is 0.0894. The summed E-state index contributed by atoms with van der Waals surface area (Å²) in [4.78, 5) is 25.1. The first-order valence-corrected chi connectivity index (χ1v) is 16.1. The summed E-state index contributed by atoms with van der Waals surface area (Å²) in [6, 6.07) is 11.1. The number of halogens is 4. The van der Waals surface area contributed by atoms with Gasteiger partial charge in [-0.1, -0.05) is 31.2 Å². The molecular formula is C35H43F4N5O4. The maximum atomic E-state index is 14.7. The number of amides is 1. The summed E-state index contributed by atoms with van der Waals surface area (Å²) in [6.45, 7) is 0.362. The summed E-state index contributed by atoms with van der Waals surface area (Å²) in [6.07, 6.45) is -0.780. The van der Waals surface area contributed by atoms with Gasteiger partial charge >= 0.3 is 12.1 Å². The van der Waals surface area contributed by atoms with E-state index in [1.165, 1.54) is 7.11 Å². The predicted molar refractivity (Wildman–Crippen MR) is 178 cm³/mol. The number of aromatic nitrogens is 1. The van der Waals surface area contributed by atoms with Gasteiger partial charge in [0.05, 0.1) is 36.6 Å². The summed E-state index contributed by atoms with van der Waals surface area (Å²) >= 11 is 0. The normalized spacial score (nSPS) is 16.6. The summed E-state index contributed by atoms with van der Waals surface area (Å²) < 4.78 is 62.2. The Morgan fingerprint density at radius 2 is 1.83 bits per heavy atom. The topological polar surface area (TPSA) is 108 Å². The zero-order valence-corrected chi connectivity index (χ0v) is 27.3. The van der Waals surface area contributed by atoms with E-state index in [1.807, 2.05) is 11.9 Å². The average Bonchev–Trinajstić information content (AvgIpc) is 3.38. The number of carbonyl (C=O) groups is 2. The van der Waals surface area contributed by atoms with Crippen molar-refractivity contribution < 1.29 is 37.0 Å². The molecule has 2 aromatic carbocycles. The molecule has 0 saturated carbocycles. The van der Waals surface area contributed by atoms with Crippen molar-refractivity contribution >= 4 is 34.2 Å². The van der Waals surface area contributed by atoms with Crippen LogP contribution in [0.2, 0.25) is 0 Å². The molecule has 0 spiro atoms. The number of hydrogen-bond donors (Lipinski definition) is 4. The zero-order chi connectivity index (χ0) is 34.7. The lowest BCUT2D eigenvalue weighted by Gasteiger charge is -2.33. The summed E-state index contributed by atoms with van der Waals surface area (Å²) in [5.41, 5.74) is 2.06. The average molecular weight is 674 g/mol. The largest absolute Gasteiger partial charge is 0.495 e. The first-order chi connectivity index (χ1) is 22.9. The fraction of sp³-hybridized carbons (Fsp3) is 0.486. The molecule has 0 unspecified atom stereocenters. The first-order valence-electron chi connectivity index (χ1n) is 16.1. The van der Waals surface area contributed by atoms with Gasteiger partial charge in [-0.15, -0.1) is 0 Å². The number of nitrogens with zero attached hydrogens (tertiary/aromatic N) is 2. The van der Waals surface area contributed by atoms with Crippen LogP contribution in [0, 0.1) is 11.8 Å². The lowest BCUT2D eigenvalue weighted by molar-refractivity contribution is -0.140. The third kappa shape index (κ3) is 10.5. The van der Waals surface area contributed by atoms with E-state index in [4.69, 9.17) is 9.84 Å². The predicted octanol–water partition coefficient (Wildman–Crippen LogP) is 6.28. The van der Waals surface area contributed by atoms with Crippen molar-refractivity contribution in [3.63, 3.8) is 0 Å². The highest BCUT2D eigenvalue weighted by Crippen LogP contribution is 2.32. The number of likely N-dealkylation sites (tertiary alicyclic amines) is 1. The van der Waals surface area contributed by atoms with Crippen molar-refractivity contribution in [1.29, 1.82) is 0 Å². The fourth-order valence-electron chi connectivity index (χ4n) is 5.77. The van der Waals surface area contributed by atoms with Crippen LogP contribution in [0.5, 0.6) is 5.75 Å². The van der Waals surface area contributed by atoms with Gasteiger partial charge in [0.25, 0.3) is 5.91 Å². The number of anilines is 2. The van der Waals surface area contributed by atoms with Crippen molar-refractivity contribution in [2.24, 2.45) is 0 Å². The van der Waals surface area contributed by atoms with Crippen LogP contribution < -0.4 is 20.7 Å². The summed E-state index contributed by atoms with van der Waals surface area (Å²) in [5.74, 6) is 5.13. The van der Waals surface area contributed by atoms with E-state index in [0.717, 1.165) is 30.3 Å². The Kier molecular flexibility index (Phi) is 13.0. The van der Waals surface area contributed by atoms with Crippen molar-refractivity contribution in [1.82, 2.24) is 14.8 Å². The number of alkyl halides is 4. The monoisotopic (exact) mass is 673 g/mol. The molecule has 9 nitrogen and oxygen atoms in total. The van der Waals surface area contributed by atoms with Crippen molar-refractivity contribution in [2.45, 2.75) is 69.9 Å². The van der Waals surface area contributed by atoms with Crippen molar-refractivity contribution in [3.05, 3.63) is 53.7 Å². The number of ether oxygens (including phenoxy) is 1. The van der Waals surface area contributed by atoms with Crippen LogP contribution in [-0.2, 0) is 11.3 Å². The molecule has 13 heteroatoms. The van der Waals surface area contributed by atoms with E-state index in [1.54, 1.807) is 42.5 Å². The molecule has 1 aliphatic rings. The van der Waals surface area contributed by atoms with Crippen LogP contribution in [0.1, 0.15) is 61.0 Å². The Hall–Kier alpha value is -4.44. The van der Waals surface area contributed by atoms with Crippen LogP contribution in [0.15, 0.2) is 42.5 Å². The standard InChI is InChI=1S/C35H43F4N5O4/c1-43-19-16-29(27(36)22-43)42-28-11-8-12-31-26(28)21-25(44(31)23-35(37,38)39)10-9-18-40-30-15-14-24(20-32(30)48-2)34(47)41-17-7-5-3-4-6-13-33(45)46/h8,11-12,14-15,20-21,27,29,40,42H,3-7,13,16-19,22-23H2,1-2H3,(H,41,47)(H,45,46)/t27-,29+/m0/s1. The van der Waals surface area contributed by atoms with Crippen LogP contribution >= 0.6 is 0 Å². The third-order valence-electron chi connectivity index (χ3n) is 8.27. The van der Waals surface area contributed by atoms with Gasteiger partial charge in [-0.2, -0.15) is 13.2 Å². The van der Waals surface area contributed by atoms with Crippen molar-refractivity contribution in [2.75, 3.05) is 51.0 Å². The Morgan fingerprint density at radius 1 is 1.06 bits per heavy atom. The molecule has 3 aromatic rings. The minimum atomic E-state index is -4.48. The van der Waals surface area contributed by atoms with Gasteiger partial charge in [0.1, 0.15) is 18.5 Å². The molecular weight excluding hydrogens is 630 g/mol. The third-order valence-corrected chi connectivity index (χ3v) is 8.27. The number of carboxylic acid groups (broad SMARTS) is 1. The number of hydrogen-bond acceptors (Lipinski definition) is 6. The maximum Gasteiger partial charge on any atom is 0.406 e. The second kappa shape index (κ2) is 17.1. The SMILES string of the molecule is COc1cc(C(=O)NCCCCCCCC(=O)O)ccc1NCC#Cc1cc2c(N[C@@H]3CCN(C)C[C@@H]3F)cccc2n1CC(F)(F)F. The maximum absolute atomic E-state index is 14.7. The zero-order valence-electron chi connectivity index (χ0n) is 27.3. The van der Waals surface area contributed by atoms with Crippen LogP contribution in [0.25, 0.3) is 10.9 Å². The van der Waals surface area contributed by atoms with Gasteiger partial charge in [0.2, 0.25) is 0 Å². The summed E-state index contributed by atoms with van der Waals surface area (Å²) in [7, 11) is 3.32. The van der Waals surface area contributed by atoms with Gasteiger partial charge in [-0.3, -0.25) is 9.59 Å². The van der Waals surface area contributed by atoms with Gasteiger partial charge in [0.15, 0.2) is 0 Å². The molecule has 0 aliphatic carbocycles. The fourth-order valence-corrected chi connectivity index (χ4v) is 5.77. The Bertz CT molecular complexity index is 1610. The smallest absolute Gasteiger partial charge is 0.406 e. The molecule has 1 amide bonds. The second-order valence-electron chi connectivity index (χ2n) is 12.0. The number of carboxylic acids is 1. The van der Waals surface area contributed by atoms with Crippen molar-refractivity contribution in [3.8, 4) is 17.6 Å². The van der Waals surface area contributed by atoms with Gasteiger partial charge in [0, 0.05) is 42.7 Å². The van der Waals surface area contributed by atoms with E-state index >= 15 is 0 Å². The Morgan fingerprint density at radius 3 is 2.56 bits per heavy atom. The second-order valence-corrected chi connectivity index (χ2v) is 12.0. The number of fused-ring (bicyclic) bond motifs is 1. The molecule has 4 rings (SSSR count). The number of nitrogens with one attached hydrogen (secondary N) is 3. The lowest BCUT2D eigenvalue weighted by atomic mass is 10.0. The number of benzene rings is 2. The van der Waals surface area contributed by atoms with Gasteiger partial charge < -0.3 is 35.3 Å². The number of unbranched alkanes of at least 4 members (excludes halogenated alkanes) is 4. The number of rotatable bonds is 15. The molecule has 260 valence electrons. The number of carbonyl (C=O) groups excluding carboxylic acids is 1. The van der Waals surface area contributed by atoms with Gasteiger partial charge in [-0.25, -0.2) is 4.39 Å². The lowest BCUT2D eigenvalue weighted by Crippen LogP contribution is -2.46. The number of methoxy groups -OCH3 is 1. The van der Waals surface area contributed by atoms with E-state index in [2.05, 4.69) is 27.8 Å². The van der Waals surface area contributed by atoms with E-state index in [-0.39, 0.29) is 31.1 Å². The van der Waals surface area contributed by atoms with E-state index < -0.39 is 30.9 Å². The highest BCUT2D eigenvalue weighted by molar-refractivity contribution is 5.95. The highest BCUT2D eigenvalue weighted by atomic mass is 19.4. The van der Waals surface area contributed by atoms with Crippen LogP contribution in [0.3, 0.4) is 0 Å². The molecule has 1 aromatic heterocycles. The molecule has 48 heavy (non-hydrogen) atoms. The van der Waals surface area contributed by atoms with E-state index in [0.29, 0.717) is 59.5 Å².